The molecule has 2 aromatic carbocycles. The maximum Gasteiger partial charge on any atom is 0.251 e. The molecule has 3 aromatic rings. The van der Waals surface area contributed by atoms with Gasteiger partial charge in [-0.1, -0.05) is 24.3 Å². The third kappa shape index (κ3) is 8.67. The largest absolute Gasteiger partial charge is 0.494 e. The van der Waals surface area contributed by atoms with Gasteiger partial charge in [0.2, 0.25) is 0 Å². The number of rotatable bonds is 11. The lowest BCUT2D eigenvalue weighted by atomic mass is 10.2. The Morgan fingerprint density at radius 1 is 1.03 bits per heavy atom. The van der Waals surface area contributed by atoms with E-state index in [9.17, 15) is 9.59 Å². The first-order chi connectivity index (χ1) is 17.1. The Bertz CT molecular complexity index is 1280. The van der Waals surface area contributed by atoms with Gasteiger partial charge in [0.25, 0.3) is 11.5 Å². The van der Waals surface area contributed by atoms with Crippen LogP contribution in [0.1, 0.15) is 16.8 Å². The Labute approximate surface area is 230 Å². The fraction of sp³-hybridized carbons (Fsp3) is 0.286. The number of hydrogen-bond acceptors (Lipinski definition) is 5. The molecule has 198 valence electrons. The normalized spacial score (nSPS) is 12.4. The molecule has 4 rings (SSSR count). The van der Waals surface area contributed by atoms with E-state index >= 15 is 0 Å². The van der Waals surface area contributed by atoms with Crippen LogP contribution in [0, 0.1) is 0 Å². The average molecular weight is 546 g/mol. The molecule has 1 aromatic heterocycles. The van der Waals surface area contributed by atoms with E-state index in [-0.39, 0.29) is 36.3 Å². The van der Waals surface area contributed by atoms with E-state index in [2.05, 4.69) is 33.9 Å². The number of benzene rings is 2. The zero-order chi connectivity index (χ0) is 24.5. The predicted molar refractivity (Wildman–Crippen MR) is 154 cm³/mol. The van der Waals surface area contributed by atoms with E-state index in [1.54, 1.807) is 17.7 Å². The minimum atomic E-state index is -0.0450. The topological polar surface area (TPSA) is 75.6 Å². The average Bonchev–Trinajstić information content (AvgIpc) is 2.90. The highest BCUT2D eigenvalue weighted by molar-refractivity contribution is 5.94. The Morgan fingerprint density at radius 2 is 1.84 bits per heavy atom. The standard InChI is InChI=1S/C28H32N4O3.2ClH/c1-31-26-10-9-25(20-24(26)8-11-27(31)33)35-19-5-16-32-17-12-22(13-18-32)21-29-14-15-30-28(34)23-6-3-2-4-7-23;;/h2-4,6-13,17,20,29H,5,14-16,18-19,21H2,1H3,(H,30,34);2*1H. The predicted octanol–water partition coefficient (Wildman–Crippen LogP) is 3.93. The third-order valence-corrected chi connectivity index (χ3v) is 5.99. The van der Waals surface area contributed by atoms with Gasteiger partial charge >= 0.3 is 0 Å². The van der Waals surface area contributed by atoms with E-state index in [1.807, 2.05) is 54.6 Å². The monoisotopic (exact) mass is 544 g/mol. The quantitative estimate of drug-likeness (QED) is 0.358. The van der Waals surface area contributed by atoms with Crippen molar-refractivity contribution in [1.29, 1.82) is 0 Å². The summed E-state index contributed by atoms with van der Waals surface area (Å²) in [6, 6.07) is 18.5. The molecule has 9 heteroatoms. The Balaban J connectivity index is 0.00000241. The summed E-state index contributed by atoms with van der Waals surface area (Å²) >= 11 is 0. The Kier molecular flexibility index (Phi) is 12.2. The molecule has 0 fully saturated rings. The van der Waals surface area contributed by atoms with Gasteiger partial charge in [-0.25, -0.2) is 0 Å². The van der Waals surface area contributed by atoms with E-state index < -0.39 is 0 Å². The van der Waals surface area contributed by atoms with Crippen LogP contribution >= 0.6 is 24.8 Å². The number of nitrogens with one attached hydrogen (secondary N) is 2. The van der Waals surface area contributed by atoms with Gasteiger partial charge in [-0.2, -0.15) is 0 Å². The molecule has 0 spiro atoms. The fourth-order valence-corrected chi connectivity index (χ4v) is 3.96. The van der Waals surface area contributed by atoms with E-state index in [0.29, 0.717) is 18.7 Å². The smallest absolute Gasteiger partial charge is 0.251 e. The number of hydrogen-bond donors (Lipinski definition) is 2. The van der Waals surface area contributed by atoms with Crippen LogP contribution in [0.15, 0.2) is 89.4 Å². The number of pyridine rings is 1. The number of ether oxygens (including phenoxy) is 1. The molecule has 7 nitrogen and oxygen atoms in total. The maximum absolute atomic E-state index is 12.0. The molecule has 37 heavy (non-hydrogen) atoms. The minimum Gasteiger partial charge on any atom is -0.494 e. The zero-order valence-electron chi connectivity index (χ0n) is 20.9. The zero-order valence-corrected chi connectivity index (χ0v) is 22.5. The van der Waals surface area contributed by atoms with Gasteiger partial charge in [-0.15, -0.1) is 24.8 Å². The van der Waals surface area contributed by atoms with Gasteiger partial charge in [0.05, 0.1) is 12.1 Å². The van der Waals surface area contributed by atoms with Crippen LogP contribution in [0.25, 0.3) is 10.9 Å². The van der Waals surface area contributed by atoms with Gasteiger partial charge in [-0.05, 0) is 60.7 Å². The van der Waals surface area contributed by atoms with E-state index in [0.717, 1.165) is 49.3 Å². The first-order valence-electron chi connectivity index (χ1n) is 12.0. The molecule has 2 N–H and O–H groups in total. The van der Waals surface area contributed by atoms with Crippen molar-refractivity contribution in [2.75, 3.05) is 39.3 Å². The number of aromatic nitrogens is 1. The SMILES string of the molecule is Cl.Cl.Cn1c(=O)ccc2cc(OCCCN3C=CC(CNCCNC(=O)c4ccccc4)=CC3)ccc21. The lowest BCUT2D eigenvalue weighted by Crippen LogP contribution is -2.33. The molecule has 0 radical (unpaired) electrons. The van der Waals surface area contributed by atoms with Crippen LogP contribution in [-0.2, 0) is 7.05 Å². The summed E-state index contributed by atoms with van der Waals surface area (Å²) < 4.78 is 7.57. The van der Waals surface area contributed by atoms with Gasteiger partial charge in [0.15, 0.2) is 0 Å². The van der Waals surface area contributed by atoms with Crippen molar-refractivity contribution in [3.63, 3.8) is 0 Å². The van der Waals surface area contributed by atoms with Crippen molar-refractivity contribution in [2.24, 2.45) is 7.05 Å². The summed E-state index contributed by atoms with van der Waals surface area (Å²) in [5, 5.41) is 7.29. The molecule has 0 saturated carbocycles. The molecule has 2 heterocycles. The number of carbonyl (C=O) groups is 1. The van der Waals surface area contributed by atoms with Crippen LogP contribution < -0.4 is 20.9 Å². The number of aryl methyl sites for hydroxylation is 1. The summed E-state index contributed by atoms with van der Waals surface area (Å²) in [6.07, 6.45) is 7.40. The van der Waals surface area contributed by atoms with Crippen molar-refractivity contribution in [2.45, 2.75) is 6.42 Å². The molecular weight excluding hydrogens is 511 g/mol. The lowest BCUT2D eigenvalue weighted by Gasteiger charge is -2.23. The number of fused-ring (bicyclic) bond motifs is 1. The van der Waals surface area contributed by atoms with Crippen LogP contribution in [-0.4, -0.2) is 54.7 Å². The van der Waals surface area contributed by atoms with Crippen LogP contribution in [0.2, 0.25) is 0 Å². The van der Waals surface area contributed by atoms with Gasteiger partial charge in [-0.3, -0.25) is 9.59 Å². The second-order valence-corrected chi connectivity index (χ2v) is 8.54. The van der Waals surface area contributed by atoms with Gasteiger partial charge in [0.1, 0.15) is 5.75 Å². The first-order valence-corrected chi connectivity index (χ1v) is 12.0. The first kappa shape index (κ1) is 30.0. The number of amides is 1. The second kappa shape index (κ2) is 15.1. The number of nitrogens with zero attached hydrogens (tertiary/aromatic N) is 2. The van der Waals surface area contributed by atoms with Crippen molar-refractivity contribution in [3.05, 3.63) is 101 Å². The second-order valence-electron chi connectivity index (χ2n) is 8.54. The summed E-state index contributed by atoms with van der Waals surface area (Å²) in [4.78, 5) is 26.0. The summed E-state index contributed by atoms with van der Waals surface area (Å²) in [6.45, 7) is 4.52. The molecule has 0 atom stereocenters. The summed E-state index contributed by atoms with van der Waals surface area (Å²) in [5.74, 6) is 0.773. The molecule has 0 bridgehead atoms. The fourth-order valence-electron chi connectivity index (χ4n) is 3.96. The van der Waals surface area contributed by atoms with Crippen molar-refractivity contribution < 1.29 is 9.53 Å². The highest BCUT2D eigenvalue weighted by Gasteiger charge is 2.06. The highest BCUT2D eigenvalue weighted by Crippen LogP contribution is 2.19. The number of carbonyl (C=O) groups excluding carboxylic acids is 1. The van der Waals surface area contributed by atoms with Crippen molar-refractivity contribution >= 4 is 41.6 Å². The van der Waals surface area contributed by atoms with Crippen molar-refractivity contribution in [1.82, 2.24) is 20.1 Å². The summed E-state index contributed by atoms with van der Waals surface area (Å²) in [5.41, 5.74) is 2.82. The van der Waals surface area contributed by atoms with E-state index in [4.69, 9.17) is 4.74 Å². The molecule has 0 aliphatic carbocycles. The lowest BCUT2D eigenvalue weighted by molar-refractivity contribution is 0.0954. The van der Waals surface area contributed by atoms with Gasteiger partial charge in [0, 0.05) is 56.8 Å². The maximum atomic E-state index is 12.0. The Hall–Kier alpha value is -3.26. The minimum absolute atomic E-state index is 0. The van der Waals surface area contributed by atoms with Crippen LogP contribution in [0.5, 0.6) is 5.75 Å². The molecule has 1 aliphatic rings. The molecule has 0 unspecified atom stereocenters. The highest BCUT2D eigenvalue weighted by atomic mass is 35.5. The molecular formula is C28H34Cl2N4O3. The Morgan fingerprint density at radius 3 is 2.59 bits per heavy atom. The third-order valence-electron chi connectivity index (χ3n) is 5.99. The van der Waals surface area contributed by atoms with Crippen LogP contribution in [0.3, 0.4) is 0 Å². The van der Waals surface area contributed by atoms with E-state index in [1.165, 1.54) is 5.57 Å². The van der Waals surface area contributed by atoms with Gasteiger partial charge < -0.3 is 24.8 Å². The molecule has 1 amide bonds. The number of halogens is 2. The van der Waals surface area contributed by atoms with Crippen molar-refractivity contribution in [3.8, 4) is 5.75 Å². The summed E-state index contributed by atoms with van der Waals surface area (Å²) in [7, 11) is 1.78. The molecule has 1 aliphatic heterocycles. The molecule has 0 saturated heterocycles. The van der Waals surface area contributed by atoms with Crippen LogP contribution in [0.4, 0.5) is 0 Å².